The Morgan fingerprint density at radius 3 is 2.38 bits per heavy atom. The van der Waals surface area contributed by atoms with Crippen molar-refractivity contribution in [2.24, 2.45) is 0 Å². The molecule has 0 saturated carbocycles. The minimum atomic E-state index is 0.211. The highest BCUT2D eigenvalue weighted by molar-refractivity contribution is 5.77. The van der Waals surface area contributed by atoms with Gasteiger partial charge in [-0.05, 0) is 48.2 Å². The van der Waals surface area contributed by atoms with Gasteiger partial charge in [-0.1, -0.05) is 31.2 Å². The van der Waals surface area contributed by atoms with E-state index < -0.39 is 0 Å². The third-order valence-corrected chi connectivity index (χ3v) is 5.16. The van der Waals surface area contributed by atoms with Crippen molar-refractivity contribution in [1.29, 1.82) is 0 Å². The van der Waals surface area contributed by atoms with E-state index in [2.05, 4.69) is 43.0 Å². The maximum Gasteiger partial charge on any atom is 0.223 e. The molecule has 1 fully saturated rings. The number of aryl methyl sites for hydroxylation is 1. The van der Waals surface area contributed by atoms with E-state index in [4.69, 9.17) is 4.74 Å². The Bertz CT molecular complexity index is 734. The Kier molecular flexibility index (Phi) is 5.82. The summed E-state index contributed by atoms with van der Waals surface area (Å²) in [4.78, 5) is 17.1. The minimum Gasteiger partial charge on any atom is -0.497 e. The van der Waals surface area contributed by atoms with Gasteiger partial charge in [-0.25, -0.2) is 0 Å². The number of carbonyl (C=O) groups excluding carboxylic acids is 1. The number of amides is 1. The van der Waals surface area contributed by atoms with Crippen molar-refractivity contribution >= 4 is 11.6 Å². The lowest BCUT2D eigenvalue weighted by molar-refractivity contribution is -0.131. The number of piperazine rings is 1. The van der Waals surface area contributed by atoms with Crippen molar-refractivity contribution in [3.63, 3.8) is 0 Å². The molecule has 1 amide bonds. The molecule has 3 rings (SSSR count). The first-order chi connectivity index (χ1) is 12.6. The first kappa shape index (κ1) is 18.3. The van der Waals surface area contributed by atoms with E-state index in [0.29, 0.717) is 6.42 Å². The maximum absolute atomic E-state index is 12.7. The number of anilines is 1. The first-order valence-electron chi connectivity index (χ1n) is 9.30. The highest BCUT2D eigenvalue weighted by Gasteiger charge is 2.23. The van der Waals surface area contributed by atoms with Crippen molar-refractivity contribution in [1.82, 2.24) is 4.90 Å². The Balaban J connectivity index is 1.53. The molecule has 0 bridgehead atoms. The minimum absolute atomic E-state index is 0.211. The fraction of sp³-hybridized carbons (Fsp3) is 0.409. The number of carbonyl (C=O) groups is 1. The lowest BCUT2D eigenvalue weighted by Gasteiger charge is -2.36. The van der Waals surface area contributed by atoms with Crippen LogP contribution in [0, 0.1) is 6.92 Å². The monoisotopic (exact) mass is 352 g/mol. The molecule has 138 valence electrons. The standard InChI is InChI=1S/C22H28N2O2/c1-17-5-4-6-20(15-17)23-11-13-24(14-12-23)22(25)16-18(2)19-7-9-21(26-3)10-8-19/h4-10,15,18H,11-14,16H2,1-3H3. The summed E-state index contributed by atoms with van der Waals surface area (Å²) in [6, 6.07) is 16.6. The van der Waals surface area contributed by atoms with Gasteiger partial charge in [-0.3, -0.25) is 4.79 Å². The van der Waals surface area contributed by atoms with Crippen molar-refractivity contribution in [2.75, 3.05) is 38.2 Å². The summed E-state index contributed by atoms with van der Waals surface area (Å²) in [6.45, 7) is 7.61. The van der Waals surface area contributed by atoms with Gasteiger partial charge >= 0.3 is 0 Å². The van der Waals surface area contributed by atoms with E-state index in [-0.39, 0.29) is 11.8 Å². The van der Waals surface area contributed by atoms with Gasteiger partial charge < -0.3 is 14.5 Å². The van der Waals surface area contributed by atoms with E-state index in [1.165, 1.54) is 16.8 Å². The highest BCUT2D eigenvalue weighted by Crippen LogP contribution is 2.24. The molecule has 0 aliphatic carbocycles. The largest absolute Gasteiger partial charge is 0.497 e. The van der Waals surface area contributed by atoms with E-state index in [1.807, 2.05) is 29.2 Å². The van der Waals surface area contributed by atoms with E-state index >= 15 is 0 Å². The molecule has 0 N–H and O–H groups in total. The third-order valence-electron chi connectivity index (χ3n) is 5.16. The molecule has 0 spiro atoms. The first-order valence-corrected chi connectivity index (χ1v) is 9.30. The molecule has 4 nitrogen and oxygen atoms in total. The van der Waals surface area contributed by atoms with Gasteiger partial charge in [0, 0.05) is 38.3 Å². The Morgan fingerprint density at radius 2 is 1.77 bits per heavy atom. The van der Waals surface area contributed by atoms with E-state index in [0.717, 1.165) is 31.9 Å². The van der Waals surface area contributed by atoms with Crippen LogP contribution in [0.3, 0.4) is 0 Å². The van der Waals surface area contributed by atoms with E-state index in [9.17, 15) is 4.79 Å². The predicted molar refractivity (Wildman–Crippen MR) is 106 cm³/mol. The molecular formula is C22H28N2O2. The fourth-order valence-electron chi connectivity index (χ4n) is 3.48. The second-order valence-corrected chi connectivity index (χ2v) is 7.09. The van der Waals surface area contributed by atoms with Gasteiger partial charge in [-0.2, -0.15) is 0 Å². The Morgan fingerprint density at radius 1 is 1.08 bits per heavy atom. The van der Waals surface area contributed by atoms with Crippen molar-refractivity contribution < 1.29 is 9.53 Å². The van der Waals surface area contributed by atoms with Crippen LogP contribution >= 0.6 is 0 Å². The summed E-state index contributed by atoms with van der Waals surface area (Å²) in [5.41, 5.74) is 3.70. The summed E-state index contributed by atoms with van der Waals surface area (Å²) in [6.07, 6.45) is 0.552. The van der Waals surface area contributed by atoms with Crippen LogP contribution in [0.4, 0.5) is 5.69 Å². The average molecular weight is 352 g/mol. The topological polar surface area (TPSA) is 32.8 Å². The van der Waals surface area contributed by atoms with Crippen LogP contribution in [0.2, 0.25) is 0 Å². The summed E-state index contributed by atoms with van der Waals surface area (Å²) >= 11 is 0. The Hall–Kier alpha value is -2.49. The lowest BCUT2D eigenvalue weighted by Crippen LogP contribution is -2.49. The van der Waals surface area contributed by atoms with Crippen LogP contribution in [-0.2, 0) is 4.79 Å². The smallest absolute Gasteiger partial charge is 0.223 e. The number of rotatable bonds is 5. The average Bonchev–Trinajstić information content (AvgIpc) is 2.68. The van der Waals surface area contributed by atoms with Crippen LogP contribution in [0.25, 0.3) is 0 Å². The van der Waals surface area contributed by atoms with Crippen LogP contribution in [-0.4, -0.2) is 44.1 Å². The summed E-state index contributed by atoms with van der Waals surface area (Å²) < 4.78 is 5.20. The third kappa shape index (κ3) is 4.37. The van der Waals surface area contributed by atoms with Crippen LogP contribution in [0.5, 0.6) is 5.75 Å². The summed E-state index contributed by atoms with van der Waals surface area (Å²) in [7, 11) is 1.67. The molecule has 1 aliphatic heterocycles. The zero-order chi connectivity index (χ0) is 18.5. The molecule has 1 aliphatic rings. The number of hydrogen-bond donors (Lipinski definition) is 0. The second kappa shape index (κ2) is 8.26. The van der Waals surface area contributed by atoms with Gasteiger partial charge in [-0.15, -0.1) is 0 Å². The number of hydrogen-bond acceptors (Lipinski definition) is 3. The maximum atomic E-state index is 12.7. The number of benzene rings is 2. The van der Waals surface area contributed by atoms with Crippen LogP contribution in [0.1, 0.15) is 30.4 Å². The van der Waals surface area contributed by atoms with Gasteiger partial charge in [0.25, 0.3) is 0 Å². The molecule has 4 heteroatoms. The molecule has 1 heterocycles. The molecule has 2 aromatic rings. The molecule has 26 heavy (non-hydrogen) atoms. The predicted octanol–water partition coefficient (Wildman–Crippen LogP) is 3.85. The quantitative estimate of drug-likeness (QED) is 0.819. The number of nitrogens with zero attached hydrogens (tertiary/aromatic N) is 2. The zero-order valence-corrected chi connectivity index (χ0v) is 15.9. The summed E-state index contributed by atoms with van der Waals surface area (Å²) in [5, 5.41) is 0. The molecule has 1 unspecified atom stereocenters. The van der Waals surface area contributed by atoms with Crippen molar-refractivity contribution in [3.05, 3.63) is 59.7 Å². The van der Waals surface area contributed by atoms with Crippen molar-refractivity contribution in [2.45, 2.75) is 26.2 Å². The lowest BCUT2D eigenvalue weighted by atomic mass is 9.97. The second-order valence-electron chi connectivity index (χ2n) is 7.09. The summed E-state index contributed by atoms with van der Waals surface area (Å²) in [5.74, 6) is 1.31. The Labute approximate surface area is 156 Å². The highest BCUT2D eigenvalue weighted by atomic mass is 16.5. The molecule has 2 aromatic carbocycles. The van der Waals surface area contributed by atoms with Gasteiger partial charge in [0.1, 0.15) is 5.75 Å². The molecular weight excluding hydrogens is 324 g/mol. The van der Waals surface area contributed by atoms with Crippen molar-refractivity contribution in [3.8, 4) is 5.75 Å². The van der Waals surface area contributed by atoms with Gasteiger partial charge in [0.05, 0.1) is 7.11 Å². The van der Waals surface area contributed by atoms with Crippen LogP contribution < -0.4 is 9.64 Å². The number of ether oxygens (including phenoxy) is 1. The normalized spacial score (nSPS) is 15.7. The molecule has 1 saturated heterocycles. The molecule has 0 aromatic heterocycles. The van der Waals surface area contributed by atoms with Crippen LogP contribution in [0.15, 0.2) is 48.5 Å². The molecule has 1 atom stereocenters. The SMILES string of the molecule is COc1ccc(C(C)CC(=O)N2CCN(c3cccc(C)c3)CC2)cc1. The van der Waals surface area contributed by atoms with Gasteiger partial charge in [0.15, 0.2) is 0 Å². The molecule has 0 radical (unpaired) electrons. The zero-order valence-electron chi connectivity index (χ0n) is 15.9. The van der Waals surface area contributed by atoms with Gasteiger partial charge in [0.2, 0.25) is 5.91 Å². The van der Waals surface area contributed by atoms with E-state index in [1.54, 1.807) is 7.11 Å². The number of methoxy groups -OCH3 is 1. The fourth-order valence-corrected chi connectivity index (χ4v) is 3.48.